The van der Waals surface area contributed by atoms with Crippen molar-refractivity contribution in [1.82, 2.24) is 0 Å². The van der Waals surface area contributed by atoms with E-state index in [9.17, 15) is 0 Å². The average Bonchev–Trinajstić information content (AvgIpc) is 2.47. The molecule has 0 fully saturated rings. The molecule has 0 nitrogen and oxygen atoms in total. The first-order valence-electron chi connectivity index (χ1n) is 7.30. The van der Waals surface area contributed by atoms with Gasteiger partial charge in [0.2, 0.25) is 0 Å². The van der Waals surface area contributed by atoms with Gasteiger partial charge in [-0.2, -0.15) is 0 Å². The van der Waals surface area contributed by atoms with Crippen LogP contribution >= 0.6 is 0 Å². The van der Waals surface area contributed by atoms with Crippen LogP contribution in [0.4, 0.5) is 0 Å². The molecule has 0 saturated heterocycles. The minimum Gasteiger partial charge on any atom is -0.0625 e. The first-order valence-corrected chi connectivity index (χ1v) is 7.30. The second kappa shape index (κ2) is 5.50. The Hall–Kier alpha value is -2.08. The normalized spacial score (nSPS) is 11.2. The lowest BCUT2D eigenvalue weighted by atomic mass is 9.98. The number of hydrogen-bond acceptors (Lipinski definition) is 0. The van der Waals surface area contributed by atoms with Gasteiger partial charge in [-0.05, 0) is 45.9 Å². The van der Waals surface area contributed by atoms with Gasteiger partial charge in [-0.1, -0.05) is 74.5 Å². The third-order valence-corrected chi connectivity index (χ3v) is 3.68. The van der Waals surface area contributed by atoms with Crippen LogP contribution in [-0.2, 0) is 6.42 Å². The van der Waals surface area contributed by atoms with E-state index in [0.717, 1.165) is 6.42 Å². The lowest BCUT2D eigenvalue weighted by Gasteiger charge is -2.07. The molecule has 0 aliphatic carbocycles. The van der Waals surface area contributed by atoms with Crippen molar-refractivity contribution in [2.75, 3.05) is 0 Å². The van der Waals surface area contributed by atoms with Crippen LogP contribution in [0.5, 0.6) is 0 Å². The Balaban J connectivity index is 1.94. The summed E-state index contributed by atoms with van der Waals surface area (Å²) >= 11 is 0. The Kier molecular flexibility index (Phi) is 3.56. The highest BCUT2D eigenvalue weighted by molar-refractivity contribution is 5.87. The quantitative estimate of drug-likeness (QED) is 0.566. The van der Waals surface area contributed by atoms with E-state index in [1.807, 2.05) is 0 Å². The van der Waals surface area contributed by atoms with Crippen LogP contribution in [0.2, 0.25) is 0 Å². The van der Waals surface area contributed by atoms with Crippen LogP contribution in [0.1, 0.15) is 19.4 Å². The summed E-state index contributed by atoms with van der Waals surface area (Å²) < 4.78 is 0. The van der Waals surface area contributed by atoms with Crippen LogP contribution in [0.3, 0.4) is 0 Å². The van der Waals surface area contributed by atoms with E-state index in [0.29, 0.717) is 5.92 Å². The van der Waals surface area contributed by atoms with Crippen LogP contribution in [0, 0.1) is 5.92 Å². The van der Waals surface area contributed by atoms with Gasteiger partial charge < -0.3 is 0 Å². The van der Waals surface area contributed by atoms with Gasteiger partial charge in [-0.15, -0.1) is 0 Å². The first kappa shape index (κ1) is 12.9. The molecule has 0 saturated carbocycles. The molecular formula is C20H20. The molecule has 0 heterocycles. The Labute approximate surface area is 121 Å². The van der Waals surface area contributed by atoms with Gasteiger partial charge in [0.15, 0.2) is 0 Å². The van der Waals surface area contributed by atoms with Crippen molar-refractivity contribution in [1.29, 1.82) is 0 Å². The predicted molar refractivity (Wildman–Crippen MR) is 87.9 cm³/mol. The van der Waals surface area contributed by atoms with Gasteiger partial charge in [0, 0.05) is 0 Å². The van der Waals surface area contributed by atoms with E-state index in [4.69, 9.17) is 0 Å². The second-order valence-electron chi connectivity index (χ2n) is 5.86. The molecular weight excluding hydrogens is 240 g/mol. The molecule has 0 bridgehead atoms. The summed E-state index contributed by atoms with van der Waals surface area (Å²) in [7, 11) is 0. The minimum atomic E-state index is 0.710. The van der Waals surface area contributed by atoms with Gasteiger partial charge in [0.05, 0.1) is 0 Å². The fourth-order valence-electron chi connectivity index (χ4n) is 2.67. The molecule has 100 valence electrons. The van der Waals surface area contributed by atoms with Gasteiger partial charge in [-0.3, -0.25) is 0 Å². The second-order valence-corrected chi connectivity index (χ2v) is 5.86. The van der Waals surface area contributed by atoms with Gasteiger partial charge in [-0.25, -0.2) is 0 Å². The maximum Gasteiger partial charge on any atom is -0.0178 e. The van der Waals surface area contributed by atoms with Crippen molar-refractivity contribution in [3.63, 3.8) is 0 Å². The summed E-state index contributed by atoms with van der Waals surface area (Å²) in [4.78, 5) is 0. The topological polar surface area (TPSA) is 0 Å². The average molecular weight is 260 g/mol. The van der Waals surface area contributed by atoms with Crippen molar-refractivity contribution in [2.45, 2.75) is 20.3 Å². The number of hydrogen-bond donors (Lipinski definition) is 0. The molecule has 0 heteroatoms. The highest BCUT2D eigenvalue weighted by Crippen LogP contribution is 2.25. The molecule has 3 aromatic rings. The number of rotatable bonds is 3. The molecule has 3 rings (SSSR count). The van der Waals surface area contributed by atoms with Crippen LogP contribution in [-0.4, -0.2) is 0 Å². The van der Waals surface area contributed by atoms with E-state index < -0.39 is 0 Å². The van der Waals surface area contributed by atoms with Crippen LogP contribution in [0.15, 0.2) is 66.7 Å². The number of benzene rings is 3. The lowest BCUT2D eigenvalue weighted by molar-refractivity contribution is 0.647. The van der Waals surface area contributed by atoms with Gasteiger partial charge >= 0.3 is 0 Å². The Morgan fingerprint density at radius 3 is 2.05 bits per heavy atom. The molecule has 20 heavy (non-hydrogen) atoms. The highest BCUT2D eigenvalue weighted by atomic mass is 14.1. The largest absolute Gasteiger partial charge is 0.0625 e. The minimum absolute atomic E-state index is 0.710. The predicted octanol–water partition coefficient (Wildman–Crippen LogP) is 5.71. The molecule has 0 N–H and O–H groups in total. The summed E-state index contributed by atoms with van der Waals surface area (Å²) in [6.45, 7) is 4.52. The Morgan fingerprint density at radius 2 is 1.35 bits per heavy atom. The van der Waals surface area contributed by atoms with Gasteiger partial charge in [0.25, 0.3) is 0 Å². The molecule has 0 radical (unpaired) electrons. The van der Waals surface area contributed by atoms with E-state index in [1.54, 1.807) is 0 Å². The molecule has 0 aromatic heterocycles. The molecule has 0 amide bonds. The fourth-order valence-corrected chi connectivity index (χ4v) is 2.67. The summed E-state index contributed by atoms with van der Waals surface area (Å²) in [5.41, 5.74) is 4.01. The summed E-state index contributed by atoms with van der Waals surface area (Å²) in [5.74, 6) is 0.710. The first-order chi connectivity index (χ1) is 9.72. The van der Waals surface area contributed by atoms with Crippen LogP contribution < -0.4 is 0 Å². The van der Waals surface area contributed by atoms with Crippen molar-refractivity contribution in [3.8, 4) is 11.1 Å². The maximum absolute atomic E-state index is 2.27. The summed E-state index contributed by atoms with van der Waals surface area (Å²) in [6, 6.07) is 24.2. The Morgan fingerprint density at radius 1 is 0.700 bits per heavy atom. The van der Waals surface area contributed by atoms with E-state index in [1.165, 1.54) is 27.5 Å². The summed E-state index contributed by atoms with van der Waals surface area (Å²) in [5, 5.41) is 2.60. The van der Waals surface area contributed by atoms with E-state index in [-0.39, 0.29) is 0 Å². The monoisotopic (exact) mass is 260 g/mol. The zero-order chi connectivity index (χ0) is 13.9. The van der Waals surface area contributed by atoms with Crippen molar-refractivity contribution < 1.29 is 0 Å². The molecule has 0 aliphatic heterocycles. The number of fused-ring (bicyclic) bond motifs is 1. The molecule has 0 spiro atoms. The van der Waals surface area contributed by atoms with Crippen LogP contribution in [0.25, 0.3) is 21.9 Å². The van der Waals surface area contributed by atoms with Crippen molar-refractivity contribution >= 4 is 10.8 Å². The zero-order valence-corrected chi connectivity index (χ0v) is 12.1. The zero-order valence-electron chi connectivity index (χ0n) is 12.1. The SMILES string of the molecule is CC(C)Cc1ccc(-c2ccc3ccccc3c2)cc1. The summed E-state index contributed by atoms with van der Waals surface area (Å²) in [6.07, 6.45) is 1.15. The third-order valence-electron chi connectivity index (χ3n) is 3.68. The molecule has 0 atom stereocenters. The van der Waals surface area contributed by atoms with Crippen molar-refractivity contribution in [3.05, 3.63) is 72.3 Å². The maximum atomic E-state index is 2.27. The smallest absolute Gasteiger partial charge is 0.0178 e. The van der Waals surface area contributed by atoms with E-state index >= 15 is 0 Å². The van der Waals surface area contributed by atoms with Gasteiger partial charge in [0.1, 0.15) is 0 Å². The Bertz CT molecular complexity index is 705. The standard InChI is InChI=1S/C20H20/c1-15(2)13-16-7-9-18(10-8-16)20-12-11-17-5-3-4-6-19(17)14-20/h3-12,14-15H,13H2,1-2H3. The molecule has 3 aromatic carbocycles. The highest BCUT2D eigenvalue weighted by Gasteiger charge is 2.01. The molecule has 0 aliphatic rings. The lowest BCUT2D eigenvalue weighted by Crippen LogP contribution is -1.93. The molecule has 0 unspecified atom stereocenters. The fraction of sp³-hybridized carbons (Fsp3) is 0.200. The third kappa shape index (κ3) is 2.75. The van der Waals surface area contributed by atoms with Crippen molar-refractivity contribution in [2.24, 2.45) is 5.92 Å². The van der Waals surface area contributed by atoms with E-state index in [2.05, 4.69) is 80.6 Å².